The minimum Gasteiger partial charge on any atom is -0.497 e. The number of aromatic nitrogens is 1. The second-order valence-corrected chi connectivity index (χ2v) is 11.3. The smallest absolute Gasteiger partial charge is 0.344 e. The molecule has 1 saturated carbocycles. The largest absolute Gasteiger partial charge is 0.497 e. The molecule has 1 aromatic heterocycles. The van der Waals surface area contributed by atoms with Gasteiger partial charge in [-0.25, -0.2) is 4.79 Å². The van der Waals surface area contributed by atoms with E-state index in [2.05, 4.69) is 16.0 Å². The van der Waals surface area contributed by atoms with Gasteiger partial charge in [-0.1, -0.05) is 0 Å². The van der Waals surface area contributed by atoms with Crippen molar-refractivity contribution in [1.29, 1.82) is 0 Å². The van der Waals surface area contributed by atoms with Crippen LogP contribution in [0.25, 0.3) is 10.9 Å². The van der Waals surface area contributed by atoms with Gasteiger partial charge in [0, 0.05) is 42.9 Å². The molecule has 6 rings (SSSR count). The van der Waals surface area contributed by atoms with E-state index in [0.717, 1.165) is 37.2 Å². The third kappa shape index (κ3) is 5.18. The number of methoxy groups -OCH3 is 4. The Morgan fingerprint density at radius 1 is 0.952 bits per heavy atom. The van der Waals surface area contributed by atoms with Crippen LogP contribution in [0.1, 0.15) is 30.1 Å². The third-order valence-corrected chi connectivity index (χ3v) is 9.30. The van der Waals surface area contributed by atoms with Gasteiger partial charge >= 0.3 is 11.9 Å². The molecule has 6 atom stereocenters. The van der Waals surface area contributed by atoms with E-state index in [1.165, 1.54) is 23.8 Å². The molecule has 2 aliphatic heterocycles. The molecule has 10 nitrogen and oxygen atoms in total. The van der Waals surface area contributed by atoms with Crippen LogP contribution in [-0.4, -0.2) is 82.2 Å². The molecule has 1 saturated heterocycles. The molecule has 2 aromatic carbocycles. The number of nitrogens with one attached hydrogen (secondary N) is 1. The van der Waals surface area contributed by atoms with Gasteiger partial charge in [-0.15, -0.1) is 0 Å². The number of nitrogens with zero attached hydrogens (tertiary/aromatic N) is 1. The third-order valence-electron chi connectivity index (χ3n) is 9.30. The molecular formula is C32H38N2O8. The van der Waals surface area contributed by atoms with E-state index in [0.29, 0.717) is 17.9 Å². The van der Waals surface area contributed by atoms with Crippen molar-refractivity contribution in [3.63, 3.8) is 0 Å². The first-order chi connectivity index (χ1) is 20.4. The fourth-order valence-electron chi connectivity index (χ4n) is 7.37. The summed E-state index contributed by atoms with van der Waals surface area (Å²) in [6.45, 7) is 1.48. The Kier molecular flexibility index (Phi) is 8.00. The molecule has 3 heterocycles. The Labute approximate surface area is 245 Å². The first-order valence-electron chi connectivity index (χ1n) is 14.4. The number of H-pyrrole nitrogens is 1. The molecular weight excluding hydrogens is 540 g/mol. The van der Waals surface area contributed by atoms with Crippen LogP contribution in [0.5, 0.6) is 17.2 Å². The van der Waals surface area contributed by atoms with Crippen LogP contribution in [0.2, 0.25) is 0 Å². The predicted molar refractivity (Wildman–Crippen MR) is 154 cm³/mol. The summed E-state index contributed by atoms with van der Waals surface area (Å²) in [5.74, 6) is 0.800. The topological polar surface area (TPSA) is 109 Å². The number of carbonyl (C=O) groups excluding carboxylic acids is 2. The summed E-state index contributed by atoms with van der Waals surface area (Å²) >= 11 is 0. The molecule has 3 aliphatic rings. The van der Waals surface area contributed by atoms with Crippen LogP contribution in [-0.2, 0) is 30.2 Å². The molecule has 42 heavy (non-hydrogen) atoms. The Hall–Kier alpha value is -3.76. The van der Waals surface area contributed by atoms with Crippen LogP contribution in [0.4, 0.5) is 0 Å². The summed E-state index contributed by atoms with van der Waals surface area (Å²) in [5, 5.41) is 1.22. The van der Waals surface area contributed by atoms with Crippen molar-refractivity contribution in [1.82, 2.24) is 9.88 Å². The van der Waals surface area contributed by atoms with Gasteiger partial charge < -0.3 is 33.4 Å². The van der Waals surface area contributed by atoms with Gasteiger partial charge in [-0.05, 0) is 73.1 Å². The maximum atomic E-state index is 13.3. The van der Waals surface area contributed by atoms with Crippen LogP contribution in [0.3, 0.4) is 0 Å². The monoisotopic (exact) mass is 578 g/mol. The van der Waals surface area contributed by atoms with E-state index in [-0.39, 0.29) is 30.5 Å². The first kappa shape index (κ1) is 28.4. The fourth-order valence-corrected chi connectivity index (χ4v) is 7.37. The minimum atomic E-state index is -0.620. The highest BCUT2D eigenvalue weighted by molar-refractivity contribution is 5.86. The predicted octanol–water partition coefficient (Wildman–Crippen LogP) is 3.92. The number of rotatable bonds is 8. The Bertz CT molecular complexity index is 1440. The number of aromatic amines is 1. The van der Waals surface area contributed by atoms with Crippen LogP contribution >= 0.6 is 0 Å². The summed E-state index contributed by atoms with van der Waals surface area (Å²) < 4.78 is 33.4. The van der Waals surface area contributed by atoms with E-state index >= 15 is 0 Å². The van der Waals surface area contributed by atoms with E-state index in [4.69, 9.17) is 28.4 Å². The highest BCUT2D eigenvalue weighted by atomic mass is 16.6. The quantitative estimate of drug-likeness (QED) is 0.398. The normalized spacial score (nSPS) is 26.9. The summed E-state index contributed by atoms with van der Waals surface area (Å²) in [5.41, 5.74) is 3.62. The van der Waals surface area contributed by atoms with Crippen molar-refractivity contribution in [2.24, 2.45) is 17.8 Å². The lowest BCUT2D eigenvalue weighted by atomic mass is 9.64. The molecule has 0 bridgehead atoms. The van der Waals surface area contributed by atoms with Crippen LogP contribution in [0, 0.1) is 17.8 Å². The summed E-state index contributed by atoms with van der Waals surface area (Å²) in [6.07, 6.45) is 1.11. The maximum Gasteiger partial charge on any atom is 0.344 e. The van der Waals surface area contributed by atoms with Gasteiger partial charge in [-0.3, -0.25) is 9.69 Å². The molecule has 224 valence electrons. The molecule has 10 heteroatoms. The molecule has 0 spiro atoms. The zero-order valence-corrected chi connectivity index (χ0v) is 24.5. The average molecular weight is 579 g/mol. The fraction of sp³-hybridized carbons (Fsp3) is 0.500. The number of ether oxygens (including phenoxy) is 6. The highest BCUT2D eigenvalue weighted by Gasteiger charge is 2.54. The lowest BCUT2D eigenvalue weighted by Crippen LogP contribution is -2.58. The Morgan fingerprint density at radius 3 is 2.40 bits per heavy atom. The van der Waals surface area contributed by atoms with E-state index in [1.54, 1.807) is 45.6 Å². The molecule has 0 radical (unpaired) electrons. The number of carbonyl (C=O) groups is 2. The van der Waals surface area contributed by atoms with Crippen molar-refractivity contribution in [2.45, 2.75) is 37.5 Å². The number of fused-ring (bicyclic) bond motifs is 6. The summed E-state index contributed by atoms with van der Waals surface area (Å²) in [7, 11) is 6.23. The van der Waals surface area contributed by atoms with Crippen molar-refractivity contribution >= 4 is 22.8 Å². The molecule has 3 aromatic rings. The minimum absolute atomic E-state index is 0.0149. The second-order valence-electron chi connectivity index (χ2n) is 11.3. The lowest BCUT2D eigenvalue weighted by Gasteiger charge is -2.52. The van der Waals surface area contributed by atoms with Crippen LogP contribution < -0.4 is 14.2 Å². The van der Waals surface area contributed by atoms with Gasteiger partial charge in [0.05, 0.1) is 33.3 Å². The van der Waals surface area contributed by atoms with Crippen molar-refractivity contribution in [2.75, 3.05) is 48.1 Å². The van der Waals surface area contributed by atoms with E-state index in [9.17, 15) is 9.59 Å². The van der Waals surface area contributed by atoms with E-state index < -0.39 is 24.1 Å². The zero-order chi connectivity index (χ0) is 29.4. The summed E-state index contributed by atoms with van der Waals surface area (Å²) in [6, 6.07) is 13.3. The molecule has 1 aliphatic carbocycles. The first-order valence-corrected chi connectivity index (χ1v) is 14.4. The average Bonchev–Trinajstić information content (AvgIpc) is 3.40. The lowest BCUT2D eigenvalue weighted by molar-refractivity contribution is -0.190. The number of esters is 2. The van der Waals surface area contributed by atoms with Crippen molar-refractivity contribution < 1.29 is 38.0 Å². The van der Waals surface area contributed by atoms with Gasteiger partial charge in [0.2, 0.25) is 0 Å². The molecule has 0 amide bonds. The van der Waals surface area contributed by atoms with Gasteiger partial charge in [-0.2, -0.15) is 0 Å². The second kappa shape index (κ2) is 11.9. The highest BCUT2D eigenvalue weighted by Crippen LogP contribution is 2.50. The summed E-state index contributed by atoms with van der Waals surface area (Å²) in [4.78, 5) is 32.4. The van der Waals surface area contributed by atoms with Crippen molar-refractivity contribution in [3.8, 4) is 17.2 Å². The molecule has 0 unspecified atom stereocenters. The number of hydrogen-bond acceptors (Lipinski definition) is 9. The van der Waals surface area contributed by atoms with Crippen LogP contribution in [0.15, 0.2) is 42.5 Å². The van der Waals surface area contributed by atoms with Gasteiger partial charge in [0.15, 0.2) is 6.61 Å². The molecule has 1 N–H and O–H groups in total. The maximum absolute atomic E-state index is 13.3. The van der Waals surface area contributed by atoms with E-state index in [1.807, 2.05) is 12.1 Å². The number of piperidine rings is 1. The zero-order valence-electron chi connectivity index (χ0n) is 24.5. The standard InChI is InChI=1S/C32H38N2O8/c1-37-19-5-7-20(8-6-19)41-17-28(35)42-27-13-18-16-34-12-11-23-22-10-9-21(38-2)14-25(22)33-30(23)26(34)15-24(18)29(31(27)39-3)32(36)40-4/h5-10,14,18,24,26-27,29,31,33H,11-13,15-17H2,1-4H3/t18-,24+,26+,27-,29+,31-/m0/s1. The van der Waals surface area contributed by atoms with Gasteiger partial charge in [0.1, 0.15) is 29.5 Å². The van der Waals surface area contributed by atoms with Crippen molar-refractivity contribution in [3.05, 3.63) is 53.7 Å². The van der Waals surface area contributed by atoms with Gasteiger partial charge in [0.25, 0.3) is 0 Å². The number of benzene rings is 2. The number of hydrogen-bond donors (Lipinski definition) is 1. The Morgan fingerprint density at radius 2 is 1.69 bits per heavy atom. The SMILES string of the molecule is COC(=O)[C@@H]1[C@@H]2C[C@@H]3c4[nH]c5cc(OC)ccc5c4CCN3C[C@@H]2C[C@H](OC(=O)COc2ccc(OC)cc2)[C@@H]1OC. The molecule has 2 fully saturated rings. The Balaban J connectivity index is 1.21.